The predicted molar refractivity (Wildman–Crippen MR) is 41.9 cm³/mol. The molecule has 1 aromatic carbocycles. The van der Waals surface area contributed by atoms with E-state index in [1.165, 1.54) is 0 Å². The van der Waals surface area contributed by atoms with Crippen molar-refractivity contribution in [1.29, 1.82) is 0 Å². The molecule has 0 fully saturated rings. The van der Waals surface area contributed by atoms with Gasteiger partial charge >= 0.3 is 72.2 Å². The van der Waals surface area contributed by atoms with Crippen molar-refractivity contribution in [2.45, 2.75) is 0 Å². The van der Waals surface area contributed by atoms with E-state index in [9.17, 15) is 0 Å². The van der Waals surface area contributed by atoms with Gasteiger partial charge in [0.1, 0.15) is 0 Å². The molecule has 0 aliphatic heterocycles. The fraction of sp³-hybridized carbons (Fsp3) is 0. The van der Waals surface area contributed by atoms with Crippen molar-refractivity contribution in [1.82, 2.24) is 0 Å². The zero-order valence-corrected chi connectivity index (χ0v) is 9.50. The molecule has 0 unspecified atom stereocenters. The van der Waals surface area contributed by atoms with Crippen LogP contribution in [0.15, 0.2) is 18.2 Å². The summed E-state index contributed by atoms with van der Waals surface area (Å²) < 4.78 is 0.862. The molecule has 0 N–H and O–H groups in total. The van der Waals surface area contributed by atoms with Crippen LogP contribution in [-0.2, 0) is 0 Å². The van der Waals surface area contributed by atoms with E-state index in [-0.39, 0.29) is 24.8 Å². The van der Waals surface area contributed by atoms with Crippen LogP contribution >= 0.6 is 23.2 Å². The first kappa shape index (κ1) is 14.4. The standard InChI is InChI=1S/C6H3Cl2.Al.2ClH/c7-5-2-1-3-6(8)4-5;;;/h1-3H;;2*1H/q;+2;;/p-2. The van der Waals surface area contributed by atoms with Crippen molar-refractivity contribution in [3.8, 4) is 0 Å². The summed E-state index contributed by atoms with van der Waals surface area (Å²) in [5.74, 6) is 0. The molecule has 11 heavy (non-hydrogen) atoms. The van der Waals surface area contributed by atoms with Crippen LogP contribution in [0.25, 0.3) is 0 Å². The average molecular weight is 244 g/mol. The predicted octanol–water partition coefficient (Wildman–Crippen LogP) is -4.20. The second-order valence-electron chi connectivity index (χ2n) is 1.64. The van der Waals surface area contributed by atoms with Crippen molar-refractivity contribution in [3.05, 3.63) is 28.2 Å². The minimum Gasteiger partial charge on any atom is -1.00 e. The van der Waals surface area contributed by atoms with Crippen molar-refractivity contribution in [2.24, 2.45) is 0 Å². The fourth-order valence-corrected chi connectivity index (χ4v) is 1.10. The van der Waals surface area contributed by atoms with Gasteiger partial charge in [0.05, 0.1) is 0 Å². The molecule has 0 nitrogen and oxygen atoms in total. The van der Waals surface area contributed by atoms with Gasteiger partial charge in [-0.2, -0.15) is 0 Å². The Balaban J connectivity index is 0. The second kappa shape index (κ2) is 6.43. The summed E-state index contributed by atoms with van der Waals surface area (Å²) in [5, 5.41) is 1.38. The van der Waals surface area contributed by atoms with Crippen molar-refractivity contribution < 1.29 is 24.8 Å². The Labute approximate surface area is 96.5 Å². The first-order valence-corrected chi connectivity index (χ1v) is 3.74. The van der Waals surface area contributed by atoms with E-state index < -0.39 is 0 Å². The topological polar surface area (TPSA) is 0 Å². The van der Waals surface area contributed by atoms with E-state index in [4.69, 9.17) is 23.2 Å². The third kappa shape index (κ3) is 3.90. The minimum absolute atomic E-state index is 0. The van der Waals surface area contributed by atoms with E-state index in [1.54, 1.807) is 12.1 Å². The molecule has 5 heteroatoms. The number of halogens is 4. The second-order valence-corrected chi connectivity index (χ2v) is 3.03. The van der Waals surface area contributed by atoms with Crippen molar-refractivity contribution >= 4 is 43.9 Å². The van der Waals surface area contributed by atoms with Gasteiger partial charge in [-0.15, -0.1) is 0 Å². The maximum absolute atomic E-state index is 5.71. The molecule has 0 amide bonds. The molecule has 0 aliphatic rings. The SMILES string of the molecule is [Al+2][c]1c(Cl)cccc1Cl.[Cl-].[Cl-]. The van der Waals surface area contributed by atoms with E-state index >= 15 is 0 Å². The van der Waals surface area contributed by atoms with Crippen LogP contribution in [0, 0.1) is 0 Å². The Kier molecular flexibility index (Phi) is 8.44. The molecule has 1 rings (SSSR count). The Hall–Kier alpha value is 0.912. The molecule has 0 heterocycles. The van der Waals surface area contributed by atoms with Crippen LogP contribution in [0.2, 0.25) is 10.0 Å². The van der Waals surface area contributed by atoms with E-state index in [0.29, 0.717) is 10.0 Å². The number of rotatable bonds is 0. The fourth-order valence-electron chi connectivity index (χ4n) is 0.511. The van der Waals surface area contributed by atoms with Crippen LogP contribution in [0.5, 0.6) is 0 Å². The van der Waals surface area contributed by atoms with Gasteiger partial charge in [0.25, 0.3) is 0 Å². The summed E-state index contributed by atoms with van der Waals surface area (Å²) in [5.41, 5.74) is 0. The largest absolute Gasteiger partial charge is 1.00 e. The van der Waals surface area contributed by atoms with Gasteiger partial charge in [0.2, 0.25) is 0 Å². The monoisotopic (exact) mass is 242 g/mol. The zero-order valence-electron chi connectivity index (χ0n) is 5.32. The molecule has 0 spiro atoms. The van der Waals surface area contributed by atoms with E-state index in [2.05, 4.69) is 16.3 Å². The summed E-state index contributed by atoms with van der Waals surface area (Å²) in [7, 11) is 0. The van der Waals surface area contributed by atoms with Crippen LogP contribution < -0.4 is 29.2 Å². The zero-order chi connectivity index (χ0) is 6.85. The van der Waals surface area contributed by atoms with Crippen molar-refractivity contribution in [3.63, 3.8) is 0 Å². The van der Waals surface area contributed by atoms with Gasteiger partial charge in [-0.3, -0.25) is 0 Å². The van der Waals surface area contributed by atoms with E-state index in [0.717, 1.165) is 4.43 Å². The molecule has 0 aromatic heterocycles. The molecule has 0 aliphatic carbocycles. The Bertz CT molecular complexity index is 206. The molecule has 58 valence electrons. The molecule has 0 saturated carbocycles. The summed E-state index contributed by atoms with van der Waals surface area (Å²) in [4.78, 5) is 0. The van der Waals surface area contributed by atoms with Gasteiger partial charge in [0.15, 0.2) is 0 Å². The molecular weight excluding hydrogens is 241 g/mol. The minimum atomic E-state index is 0. The number of hydrogen-bond acceptors (Lipinski definition) is 0. The van der Waals surface area contributed by atoms with Crippen molar-refractivity contribution in [2.75, 3.05) is 0 Å². The Morgan fingerprint density at radius 3 is 1.64 bits per heavy atom. The first-order valence-electron chi connectivity index (χ1n) is 2.41. The third-order valence-electron chi connectivity index (χ3n) is 1.000. The molecule has 0 radical (unpaired) electrons. The van der Waals surface area contributed by atoms with Gasteiger partial charge in [0, 0.05) is 0 Å². The molecule has 0 bridgehead atoms. The molecule has 1 aromatic rings. The smallest absolute Gasteiger partial charge is 1.00 e. The van der Waals surface area contributed by atoms with Crippen LogP contribution in [0.3, 0.4) is 0 Å². The van der Waals surface area contributed by atoms with Crippen LogP contribution in [-0.4, -0.2) is 16.3 Å². The Morgan fingerprint density at radius 2 is 1.36 bits per heavy atom. The van der Waals surface area contributed by atoms with E-state index in [1.807, 2.05) is 6.07 Å². The first-order chi connectivity index (χ1) is 4.22. The maximum atomic E-state index is 5.71. The van der Waals surface area contributed by atoms with Gasteiger partial charge < -0.3 is 24.8 Å². The quantitative estimate of drug-likeness (QED) is 0.406. The number of hydrogen-bond donors (Lipinski definition) is 0. The van der Waals surface area contributed by atoms with Gasteiger partial charge in [-0.25, -0.2) is 0 Å². The maximum Gasteiger partial charge on any atom is -1.00 e. The average Bonchev–Trinajstić information content (AvgIpc) is 1.83. The molecular formula is C6H3AlCl4. The molecule has 0 saturated heterocycles. The normalized spacial score (nSPS) is 8.00. The Morgan fingerprint density at radius 1 is 1.00 bits per heavy atom. The summed E-state index contributed by atoms with van der Waals surface area (Å²) in [6, 6.07) is 5.42. The number of benzene rings is 1. The van der Waals surface area contributed by atoms with Crippen LogP contribution in [0.1, 0.15) is 0 Å². The van der Waals surface area contributed by atoms with Gasteiger partial charge in [-0.1, -0.05) is 0 Å². The third-order valence-corrected chi connectivity index (χ3v) is 2.65. The van der Waals surface area contributed by atoms with Gasteiger partial charge in [-0.05, 0) is 0 Å². The molecule has 0 atom stereocenters. The summed E-state index contributed by atoms with van der Waals surface area (Å²) >= 11 is 13.9. The summed E-state index contributed by atoms with van der Waals surface area (Å²) in [6.45, 7) is 0. The summed E-state index contributed by atoms with van der Waals surface area (Å²) in [6.07, 6.45) is 0. The van der Waals surface area contributed by atoms with Crippen LogP contribution in [0.4, 0.5) is 0 Å².